The molecule has 1 amide bonds. The van der Waals surface area contributed by atoms with Gasteiger partial charge in [0.1, 0.15) is 12.3 Å². The van der Waals surface area contributed by atoms with Crippen LogP contribution in [0.1, 0.15) is 31.0 Å². The summed E-state index contributed by atoms with van der Waals surface area (Å²) in [6.45, 7) is 3.91. The second kappa shape index (κ2) is 12.2. The predicted octanol–water partition coefficient (Wildman–Crippen LogP) is 4.40. The van der Waals surface area contributed by atoms with Gasteiger partial charge in [-0.2, -0.15) is 0 Å². The summed E-state index contributed by atoms with van der Waals surface area (Å²) >= 11 is 1.26. The van der Waals surface area contributed by atoms with Crippen LogP contribution >= 0.6 is 11.3 Å². The van der Waals surface area contributed by atoms with Crippen molar-refractivity contribution in [2.75, 3.05) is 19.0 Å². The number of esters is 1. The largest absolute Gasteiger partial charge is 0.497 e. The molecule has 10 heteroatoms. The van der Waals surface area contributed by atoms with Crippen LogP contribution in [-0.2, 0) is 20.9 Å². The summed E-state index contributed by atoms with van der Waals surface area (Å²) in [7, 11) is 1.59. The Hall–Kier alpha value is -5.22. The van der Waals surface area contributed by atoms with E-state index in [-0.39, 0.29) is 24.0 Å². The van der Waals surface area contributed by atoms with Gasteiger partial charge < -0.3 is 19.4 Å². The van der Waals surface area contributed by atoms with E-state index in [1.807, 2.05) is 95.7 Å². The van der Waals surface area contributed by atoms with Crippen LogP contribution in [0.4, 0.5) is 5.69 Å². The maximum Gasteiger partial charge on any atom is 0.325 e. The van der Waals surface area contributed by atoms with Gasteiger partial charge in [0.15, 0.2) is 4.80 Å². The summed E-state index contributed by atoms with van der Waals surface area (Å²) in [5.74, 6) is -0.0126. The number of fused-ring (bicyclic) bond motifs is 2. The highest BCUT2D eigenvalue weighted by Gasteiger charge is 2.32. The van der Waals surface area contributed by atoms with E-state index >= 15 is 0 Å². The average Bonchev–Trinajstić information content (AvgIpc) is 3.53. The van der Waals surface area contributed by atoms with Crippen LogP contribution in [0.5, 0.6) is 5.75 Å². The zero-order chi connectivity index (χ0) is 30.8. The Morgan fingerprint density at radius 3 is 2.48 bits per heavy atom. The van der Waals surface area contributed by atoms with Gasteiger partial charge >= 0.3 is 5.97 Å². The molecule has 9 nitrogen and oxygen atoms in total. The highest BCUT2D eigenvalue weighted by atomic mass is 32.1. The molecule has 1 aliphatic heterocycles. The fraction of sp³-hybridized carbons (Fsp3) is 0.176. The smallest absolute Gasteiger partial charge is 0.325 e. The van der Waals surface area contributed by atoms with E-state index in [2.05, 4.69) is 5.32 Å². The molecule has 6 rings (SSSR count). The number of carbonyl (C=O) groups excluding carboxylic acids is 2. The van der Waals surface area contributed by atoms with Gasteiger partial charge in [-0.25, -0.2) is 4.99 Å². The molecule has 3 aromatic carbocycles. The van der Waals surface area contributed by atoms with Crippen molar-refractivity contribution in [1.29, 1.82) is 0 Å². The number of carbonyl (C=O) groups is 2. The molecule has 2 aromatic heterocycles. The Bertz CT molecular complexity index is 2090. The first-order valence-electron chi connectivity index (χ1n) is 14.1. The van der Waals surface area contributed by atoms with E-state index in [1.165, 1.54) is 11.3 Å². The molecule has 0 saturated heterocycles. The number of hydrogen-bond acceptors (Lipinski definition) is 7. The lowest BCUT2D eigenvalue weighted by Crippen LogP contribution is -2.40. The van der Waals surface area contributed by atoms with Crippen molar-refractivity contribution in [3.63, 3.8) is 0 Å². The third-order valence-electron chi connectivity index (χ3n) is 7.44. The van der Waals surface area contributed by atoms with E-state index in [4.69, 9.17) is 14.5 Å². The third-order valence-corrected chi connectivity index (χ3v) is 8.42. The number of allylic oxidation sites excluding steroid dienone is 1. The number of methoxy groups -OCH3 is 1. The molecule has 0 aliphatic carbocycles. The van der Waals surface area contributed by atoms with Gasteiger partial charge in [-0.3, -0.25) is 19.0 Å². The van der Waals surface area contributed by atoms with Crippen LogP contribution in [-0.4, -0.2) is 34.7 Å². The Labute approximate surface area is 257 Å². The Balaban J connectivity index is 1.49. The number of aromatic nitrogens is 2. The average molecular weight is 607 g/mol. The molecular weight excluding hydrogens is 576 g/mol. The Morgan fingerprint density at radius 1 is 1.02 bits per heavy atom. The molecule has 1 N–H and O–H groups in total. The molecule has 0 radical (unpaired) electrons. The number of thiazole rings is 1. The molecule has 5 aromatic rings. The van der Waals surface area contributed by atoms with Crippen molar-refractivity contribution >= 4 is 45.9 Å². The number of hydrogen-bond donors (Lipinski definition) is 1. The number of amides is 1. The maximum atomic E-state index is 14.2. The van der Waals surface area contributed by atoms with Gasteiger partial charge in [-0.05, 0) is 55.8 Å². The normalized spacial score (nSPS) is 14.7. The van der Waals surface area contributed by atoms with Crippen LogP contribution in [0.3, 0.4) is 0 Å². The maximum absolute atomic E-state index is 14.2. The first kappa shape index (κ1) is 28.9. The van der Waals surface area contributed by atoms with Crippen LogP contribution in [0, 0.1) is 0 Å². The van der Waals surface area contributed by atoms with Crippen LogP contribution in [0.25, 0.3) is 17.0 Å². The van der Waals surface area contributed by atoms with E-state index in [0.717, 1.165) is 22.0 Å². The zero-order valence-corrected chi connectivity index (χ0v) is 25.3. The summed E-state index contributed by atoms with van der Waals surface area (Å²) in [5.41, 5.74) is 3.66. The topological polar surface area (TPSA) is 104 Å². The standard InChI is InChI=1S/C34H30N4O5S/c1-4-43-29(39)20-37-19-23(26-12-8-9-13-27(26)37)18-28-33(41)38-31(22-14-16-25(42-3)17-15-22)30(21(2)35-34(38)44-28)32(40)36-24-10-6-5-7-11-24/h5-19,31H,4,20H2,1-3H3,(H,36,40)/b28-18-. The second-order valence-electron chi connectivity index (χ2n) is 10.2. The van der Waals surface area contributed by atoms with E-state index in [0.29, 0.717) is 38.6 Å². The second-order valence-corrected chi connectivity index (χ2v) is 11.2. The number of nitrogens with zero attached hydrogens (tertiary/aromatic N) is 3. The summed E-state index contributed by atoms with van der Waals surface area (Å²) in [4.78, 5) is 45.5. The van der Waals surface area contributed by atoms with Crippen molar-refractivity contribution in [2.24, 2.45) is 4.99 Å². The van der Waals surface area contributed by atoms with Crippen molar-refractivity contribution in [3.05, 3.63) is 127 Å². The number of anilines is 1. The lowest BCUT2D eigenvalue weighted by Gasteiger charge is -2.25. The van der Waals surface area contributed by atoms with Gasteiger partial charge in [0.25, 0.3) is 11.5 Å². The molecule has 1 unspecified atom stereocenters. The van der Waals surface area contributed by atoms with Crippen LogP contribution in [0.15, 0.2) is 106 Å². The van der Waals surface area contributed by atoms with Gasteiger partial charge in [-0.1, -0.05) is 59.9 Å². The number of para-hydroxylation sites is 2. The molecule has 44 heavy (non-hydrogen) atoms. The first-order valence-corrected chi connectivity index (χ1v) is 15.0. The fourth-order valence-corrected chi connectivity index (χ4v) is 6.48. The zero-order valence-electron chi connectivity index (χ0n) is 24.4. The first-order chi connectivity index (χ1) is 21.4. The minimum atomic E-state index is -0.715. The molecule has 1 aliphatic rings. The van der Waals surface area contributed by atoms with Crippen LogP contribution in [0.2, 0.25) is 0 Å². The van der Waals surface area contributed by atoms with Gasteiger partial charge in [-0.15, -0.1) is 0 Å². The Morgan fingerprint density at radius 2 is 1.75 bits per heavy atom. The minimum absolute atomic E-state index is 0.0555. The van der Waals surface area contributed by atoms with Crippen molar-refractivity contribution in [3.8, 4) is 5.75 Å². The molecule has 0 spiro atoms. The molecule has 0 bridgehead atoms. The third kappa shape index (κ3) is 5.47. The summed E-state index contributed by atoms with van der Waals surface area (Å²) in [6.07, 6.45) is 3.67. The molecule has 0 fully saturated rings. The highest BCUT2D eigenvalue weighted by Crippen LogP contribution is 2.32. The highest BCUT2D eigenvalue weighted by molar-refractivity contribution is 7.07. The quantitative estimate of drug-likeness (QED) is 0.264. The number of benzene rings is 3. The molecule has 222 valence electrons. The van der Waals surface area contributed by atoms with Gasteiger partial charge in [0.05, 0.1) is 35.6 Å². The molecule has 3 heterocycles. The Kier molecular flexibility index (Phi) is 7.99. The predicted molar refractivity (Wildman–Crippen MR) is 170 cm³/mol. The number of nitrogens with one attached hydrogen (secondary N) is 1. The van der Waals surface area contributed by atoms with Crippen molar-refractivity contribution in [2.45, 2.75) is 26.4 Å². The fourth-order valence-electron chi connectivity index (χ4n) is 5.44. The summed E-state index contributed by atoms with van der Waals surface area (Å²) in [6, 6.07) is 23.5. The van der Waals surface area contributed by atoms with E-state index in [9.17, 15) is 14.4 Å². The van der Waals surface area contributed by atoms with Gasteiger partial charge in [0.2, 0.25) is 0 Å². The number of rotatable bonds is 8. The van der Waals surface area contributed by atoms with Crippen molar-refractivity contribution in [1.82, 2.24) is 9.13 Å². The minimum Gasteiger partial charge on any atom is -0.497 e. The van der Waals surface area contributed by atoms with E-state index in [1.54, 1.807) is 25.5 Å². The summed E-state index contributed by atoms with van der Waals surface area (Å²) in [5, 5.41) is 3.86. The molecule has 1 atom stereocenters. The van der Waals surface area contributed by atoms with Gasteiger partial charge in [0, 0.05) is 28.4 Å². The van der Waals surface area contributed by atoms with E-state index < -0.39 is 6.04 Å². The van der Waals surface area contributed by atoms with Crippen LogP contribution < -0.4 is 24.9 Å². The monoisotopic (exact) mass is 606 g/mol. The molecule has 0 saturated carbocycles. The SMILES string of the molecule is CCOC(=O)Cn1cc(/C=c2\sc3n(c2=O)C(c2ccc(OC)cc2)C(C(=O)Nc2ccccc2)=C(C)N=3)c2ccccc21. The lowest BCUT2D eigenvalue weighted by molar-refractivity contribution is -0.143. The molecular formula is C34H30N4O5S. The number of ether oxygens (including phenoxy) is 2. The van der Waals surface area contributed by atoms with Crippen molar-refractivity contribution < 1.29 is 19.1 Å². The lowest BCUT2D eigenvalue weighted by atomic mass is 9.95. The summed E-state index contributed by atoms with van der Waals surface area (Å²) < 4.78 is 14.4.